The van der Waals surface area contributed by atoms with Crippen molar-refractivity contribution < 1.29 is 14.3 Å². The van der Waals surface area contributed by atoms with Gasteiger partial charge >= 0.3 is 5.97 Å². The van der Waals surface area contributed by atoms with Gasteiger partial charge in [0.05, 0.1) is 12.1 Å². The number of nitrogens with two attached hydrogens (primary N) is 1. The Morgan fingerprint density at radius 1 is 1.75 bits per heavy atom. The molecule has 0 amide bonds. The van der Waals surface area contributed by atoms with Crippen LogP contribution in [-0.2, 0) is 11.2 Å². The molecule has 12 heavy (non-hydrogen) atoms. The van der Waals surface area contributed by atoms with Gasteiger partial charge in [-0.25, -0.2) is 4.98 Å². The van der Waals surface area contributed by atoms with E-state index in [4.69, 9.17) is 10.8 Å². The van der Waals surface area contributed by atoms with E-state index in [2.05, 4.69) is 4.98 Å². The van der Waals surface area contributed by atoms with Crippen LogP contribution in [0.5, 0.6) is 0 Å². The second-order valence-electron chi connectivity index (χ2n) is 2.29. The fraction of sp³-hybridized carbons (Fsp3) is 0.143. The van der Waals surface area contributed by atoms with Gasteiger partial charge in [-0.15, -0.1) is 0 Å². The van der Waals surface area contributed by atoms with Gasteiger partial charge in [0.1, 0.15) is 0 Å². The molecule has 4 nitrogen and oxygen atoms in total. The number of nitrogen functional groups attached to an aromatic ring is 1. The van der Waals surface area contributed by atoms with Crippen molar-refractivity contribution in [2.75, 3.05) is 5.73 Å². The Balaban J connectivity index is 2.89. The third kappa shape index (κ3) is 1.91. The third-order valence-corrected chi connectivity index (χ3v) is 1.28. The number of carboxylic acid groups (broad SMARTS) is 1. The SMILES string of the molecule is Nc1cc(CC(=O)O)cnc1F. The number of carbonyl (C=O) groups is 1. The minimum absolute atomic E-state index is 0.131. The molecule has 0 radical (unpaired) electrons. The first-order valence-corrected chi connectivity index (χ1v) is 3.21. The fourth-order valence-electron chi connectivity index (χ4n) is 0.782. The molecular weight excluding hydrogens is 163 g/mol. The quantitative estimate of drug-likeness (QED) is 0.631. The van der Waals surface area contributed by atoms with E-state index in [1.165, 1.54) is 6.07 Å². The lowest BCUT2D eigenvalue weighted by atomic mass is 10.2. The summed E-state index contributed by atoms with van der Waals surface area (Å²) >= 11 is 0. The third-order valence-electron chi connectivity index (χ3n) is 1.28. The summed E-state index contributed by atoms with van der Waals surface area (Å²) in [4.78, 5) is 13.5. The molecule has 1 rings (SSSR count). The summed E-state index contributed by atoms with van der Waals surface area (Å²) in [6.07, 6.45) is 0.956. The molecule has 0 spiro atoms. The zero-order valence-electron chi connectivity index (χ0n) is 6.12. The van der Waals surface area contributed by atoms with Crippen molar-refractivity contribution >= 4 is 11.7 Å². The van der Waals surface area contributed by atoms with Crippen LogP contribution in [0.3, 0.4) is 0 Å². The number of aliphatic carboxylic acids is 1. The van der Waals surface area contributed by atoms with Gasteiger partial charge in [0.15, 0.2) is 0 Å². The molecule has 5 heteroatoms. The van der Waals surface area contributed by atoms with E-state index in [-0.39, 0.29) is 12.1 Å². The topological polar surface area (TPSA) is 76.2 Å². The number of carboxylic acids is 1. The molecule has 64 valence electrons. The second kappa shape index (κ2) is 3.17. The Bertz CT molecular complexity index is 314. The van der Waals surface area contributed by atoms with Gasteiger partial charge in [0.25, 0.3) is 0 Å². The van der Waals surface area contributed by atoms with Gasteiger partial charge in [-0.2, -0.15) is 4.39 Å². The summed E-state index contributed by atoms with van der Waals surface area (Å²) in [5, 5.41) is 8.36. The van der Waals surface area contributed by atoms with Crippen molar-refractivity contribution in [2.24, 2.45) is 0 Å². The standard InChI is InChI=1S/C7H7FN2O2/c8-7-5(9)1-4(3-10-7)2-6(11)12/h1,3H,2,9H2,(H,11,12). The highest BCUT2D eigenvalue weighted by atomic mass is 19.1. The first-order chi connectivity index (χ1) is 5.59. The van der Waals surface area contributed by atoms with E-state index >= 15 is 0 Å². The molecule has 0 aliphatic rings. The normalized spacial score (nSPS) is 9.75. The number of aromatic nitrogens is 1. The molecule has 3 N–H and O–H groups in total. The molecule has 0 aliphatic heterocycles. The van der Waals surface area contributed by atoms with Gasteiger partial charge in [-0.1, -0.05) is 0 Å². The summed E-state index contributed by atoms with van der Waals surface area (Å²) < 4.78 is 12.5. The van der Waals surface area contributed by atoms with E-state index in [1.807, 2.05) is 0 Å². The Morgan fingerprint density at radius 2 is 2.42 bits per heavy atom. The van der Waals surface area contributed by atoms with Crippen molar-refractivity contribution in [1.82, 2.24) is 4.98 Å². The predicted octanol–water partition coefficient (Wildman–Crippen LogP) is 0.430. The molecule has 0 unspecified atom stereocenters. The maximum atomic E-state index is 12.5. The molecule has 0 saturated carbocycles. The first kappa shape index (κ1) is 8.45. The summed E-state index contributed by atoms with van der Waals surface area (Å²) in [6.45, 7) is 0. The van der Waals surface area contributed by atoms with E-state index in [0.29, 0.717) is 5.56 Å². The average molecular weight is 170 g/mol. The number of nitrogens with zero attached hydrogens (tertiary/aromatic N) is 1. The van der Waals surface area contributed by atoms with E-state index < -0.39 is 11.9 Å². The number of halogens is 1. The largest absolute Gasteiger partial charge is 0.481 e. The minimum Gasteiger partial charge on any atom is -0.481 e. The van der Waals surface area contributed by atoms with Crippen molar-refractivity contribution in [2.45, 2.75) is 6.42 Å². The van der Waals surface area contributed by atoms with Crippen molar-refractivity contribution in [3.63, 3.8) is 0 Å². The van der Waals surface area contributed by atoms with Crippen LogP contribution in [0.15, 0.2) is 12.3 Å². The van der Waals surface area contributed by atoms with Gasteiger partial charge in [-0.05, 0) is 11.6 Å². The molecule has 0 atom stereocenters. The molecule has 0 fully saturated rings. The highest BCUT2D eigenvalue weighted by Gasteiger charge is 2.04. The summed E-state index contributed by atoms with van der Waals surface area (Å²) in [5.74, 6) is -1.77. The van der Waals surface area contributed by atoms with Crippen LogP contribution in [0.25, 0.3) is 0 Å². The zero-order chi connectivity index (χ0) is 9.14. The van der Waals surface area contributed by atoms with Gasteiger partial charge in [0.2, 0.25) is 5.95 Å². The van der Waals surface area contributed by atoms with Crippen LogP contribution in [0.4, 0.5) is 10.1 Å². The number of anilines is 1. The molecule has 0 aromatic carbocycles. The monoisotopic (exact) mass is 170 g/mol. The average Bonchev–Trinajstić information content (AvgIpc) is 1.96. The summed E-state index contributed by atoms with van der Waals surface area (Å²) in [6, 6.07) is 1.26. The van der Waals surface area contributed by atoms with Crippen LogP contribution >= 0.6 is 0 Å². The van der Waals surface area contributed by atoms with Crippen molar-refractivity contribution in [1.29, 1.82) is 0 Å². The highest BCUT2D eigenvalue weighted by molar-refractivity contribution is 5.70. The van der Waals surface area contributed by atoms with E-state index in [1.54, 1.807) is 0 Å². The van der Waals surface area contributed by atoms with Gasteiger partial charge < -0.3 is 10.8 Å². The van der Waals surface area contributed by atoms with Crippen LogP contribution in [0.1, 0.15) is 5.56 Å². The van der Waals surface area contributed by atoms with Crippen molar-refractivity contribution in [3.8, 4) is 0 Å². The lowest BCUT2D eigenvalue weighted by Gasteiger charge is -1.98. The maximum absolute atomic E-state index is 12.5. The molecule has 1 aromatic rings. The van der Waals surface area contributed by atoms with Gasteiger partial charge in [0, 0.05) is 6.20 Å². The molecule has 1 heterocycles. The van der Waals surface area contributed by atoms with Crippen molar-refractivity contribution in [3.05, 3.63) is 23.8 Å². The molecular formula is C7H7FN2O2. The summed E-state index contributed by atoms with van der Waals surface area (Å²) in [7, 11) is 0. The minimum atomic E-state index is -0.997. The van der Waals surface area contributed by atoms with Crippen LogP contribution in [-0.4, -0.2) is 16.1 Å². The predicted molar refractivity (Wildman–Crippen MR) is 39.9 cm³/mol. The summed E-state index contributed by atoms with van der Waals surface area (Å²) in [5.41, 5.74) is 5.43. The lowest BCUT2D eigenvalue weighted by molar-refractivity contribution is -0.136. The van der Waals surface area contributed by atoms with Crippen LogP contribution < -0.4 is 5.73 Å². The fourth-order valence-corrected chi connectivity index (χ4v) is 0.782. The Morgan fingerprint density at radius 3 is 2.92 bits per heavy atom. The molecule has 1 aromatic heterocycles. The number of pyridine rings is 1. The number of hydrogen-bond acceptors (Lipinski definition) is 3. The molecule has 0 bridgehead atoms. The van der Waals surface area contributed by atoms with E-state index in [0.717, 1.165) is 6.20 Å². The maximum Gasteiger partial charge on any atom is 0.307 e. The Kier molecular flexibility index (Phi) is 2.23. The van der Waals surface area contributed by atoms with Gasteiger partial charge in [-0.3, -0.25) is 4.79 Å². The second-order valence-corrected chi connectivity index (χ2v) is 2.29. The Hall–Kier alpha value is -1.65. The number of hydrogen-bond donors (Lipinski definition) is 2. The smallest absolute Gasteiger partial charge is 0.307 e. The number of rotatable bonds is 2. The Labute approximate surface area is 67.8 Å². The van der Waals surface area contributed by atoms with Crippen LogP contribution in [0.2, 0.25) is 0 Å². The first-order valence-electron chi connectivity index (χ1n) is 3.21. The van der Waals surface area contributed by atoms with E-state index in [9.17, 15) is 9.18 Å². The molecule has 0 saturated heterocycles. The van der Waals surface area contributed by atoms with Crippen LogP contribution in [0, 0.1) is 5.95 Å². The zero-order valence-corrected chi connectivity index (χ0v) is 6.12. The highest BCUT2D eigenvalue weighted by Crippen LogP contribution is 2.09. The molecule has 0 aliphatic carbocycles. The lowest BCUT2D eigenvalue weighted by Crippen LogP contribution is -2.03.